The number of para-hydroxylation sites is 1. The molecule has 2 aromatic rings. The predicted molar refractivity (Wildman–Crippen MR) is 94.5 cm³/mol. The molecule has 2 saturated heterocycles. The third-order valence-corrected chi connectivity index (χ3v) is 5.08. The molecule has 0 aliphatic carbocycles. The maximum Gasteiger partial charge on any atom is 0.227 e. The molecule has 1 aromatic carbocycles. The highest BCUT2D eigenvalue weighted by atomic mass is 16.5. The molecule has 1 aromatic heterocycles. The van der Waals surface area contributed by atoms with E-state index in [1.165, 1.54) is 6.92 Å². The van der Waals surface area contributed by atoms with Crippen LogP contribution in [0, 0.1) is 5.92 Å². The minimum atomic E-state index is -0.231. The number of hydrogen-bond donors (Lipinski definition) is 1. The Kier molecular flexibility index (Phi) is 4.46. The average Bonchev–Trinajstić information content (AvgIpc) is 3.22. The van der Waals surface area contributed by atoms with E-state index in [0.717, 1.165) is 17.8 Å². The van der Waals surface area contributed by atoms with Crippen molar-refractivity contribution in [3.63, 3.8) is 0 Å². The summed E-state index contributed by atoms with van der Waals surface area (Å²) >= 11 is 0. The van der Waals surface area contributed by atoms with E-state index in [1.54, 1.807) is 11.1 Å². The second-order valence-corrected chi connectivity index (χ2v) is 6.82. The Morgan fingerprint density at radius 2 is 1.96 bits per heavy atom. The van der Waals surface area contributed by atoms with Crippen molar-refractivity contribution in [3.8, 4) is 5.69 Å². The molecule has 7 nitrogen and oxygen atoms in total. The van der Waals surface area contributed by atoms with E-state index in [-0.39, 0.29) is 29.9 Å². The van der Waals surface area contributed by atoms with Gasteiger partial charge in [-0.15, -0.1) is 0 Å². The van der Waals surface area contributed by atoms with Crippen LogP contribution in [0.1, 0.15) is 25.1 Å². The first-order valence-corrected chi connectivity index (χ1v) is 8.90. The Morgan fingerprint density at radius 1 is 1.19 bits per heavy atom. The van der Waals surface area contributed by atoms with Gasteiger partial charge >= 0.3 is 0 Å². The lowest BCUT2D eigenvalue weighted by atomic mass is 9.97. The summed E-state index contributed by atoms with van der Waals surface area (Å²) in [7, 11) is 0. The molecule has 0 saturated carbocycles. The largest absolute Gasteiger partial charge is 0.370 e. The first-order valence-electron chi connectivity index (χ1n) is 8.90. The predicted octanol–water partition coefficient (Wildman–Crippen LogP) is 1.30. The van der Waals surface area contributed by atoms with Gasteiger partial charge in [0.1, 0.15) is 6.10 Å². The number of carbonyl (C=O) groups is 2. The summed E-state index contributed by atoms with van der Waals surface area (Å²) < 4.78 is 7.78. The lowest BCUT2D eigenvalue weighted by molar-refractivity contribution is -0.141. The number of nitrogens with zero attached hydrogens (tertiary/aromatic N) is 3. The topological polar surface area (TPSA) is 76.5 Å². The summed E-state index contributed by atoms with van der Waals surface area (Å²) in [6.45, 7) is 3.13. The quantitative estimate of drug-likeness (QED) is 0.898. The van der Waals surface area contributed by atoms with Crippen molar-refractivity contribution in [2.45, 2.75) is 25.5 Å². The van der Waals surface area contributed by atoms with Gasteiger partial charge in [-0.1, -0.05) is 18.2 Å². The molecule has 2 aliphatic heterocycles. The van der Waals surface area contributed by atoms with Crippen LogP contribution in [0.2, 0.25) is 0 Å². The van der Waals surface area contributed by atoms with Gasteiger partial charge in [0.05, 0.1) is 23.3 Å². The zero-order valence-corrected chi connectivity index (χ0v) is 14.7. The van der Waals surface area contributed by atoms with E-state index in [0.29, 0.717) is 19.7 Å². The van der Waals surface area contributed by atoms with Gasteiger partial charge in [-0.2, -0.15) is 5.10 Å². The number of rotatable bonds is 4. The lowest BCUT2D eigenvalue weighted by Gasteiger charge is -2.38. The van der Waals surface area contributed by atoms with E-state index in [2.05, 4.69) is 10.4 Å². The Hall–Kier alpha value is -2.67. The van der Waals surface area contributed by atoms with Gasteiger partial charge < -0.3 is 15.0 Å². The Bertz CT molecular complexity index is 798. The van der Waals surface area contributed by atoms with Gasteiger partial charge in [0.2, 0.25) is 11.8 Å². The molecule has 0 spiro atoms. The highest BCUT2D eigenvalue weighted by molar-refractivity contribution is 5.83. The van der Waals surface area contributed by atoms with Crippen molar-refractivity contribution >= 4 is 11.8 Å². The molecule has 1 N–H and O–H groups in total. The number of amides is 2. The summed E-state index contributed by atoms with van der Waals surface area (Å²) in [4.78, 5) is 25.5. The highest BCUT2D eigenvalue weighted by Crippen LogP contribution is 2.31. The van der Waals surface area contributed by atoms with Crippen LogP contribution in [-0.2, 0) is 14.3 Å². The van der Waals surface area contributed by atoms with Crippen molar-refractivity contribution in [3.05, 3.63) is 48.3 Å². The normalized spacial score (nSPS) is 22.9. The number of ether oxygens (including phenoxy) is 1. The molecule has 2 fully saturated rings. The molecule has 136 valence electrons. The lowest BCUT2D eigenvalue weighted by Crippen LogP contribution is -2.56. The minimum Gasteiger partial charge on any atom is -0.370 e. The smallest absolute Gasteiger partial charge is 0.227 e. The SMILES string of the molecule is CC(=O)N1CC(C(=O)N[C@H]2CCO[C@@H]2c2ccnn2-c2ccccc2)C1. The van der Waals surface area contributed by atoms with Crippen LogP contribution in [0.5, 0.6) is 0 Å². The Morgan fingerprint density at radius 3 is 2.69 bits per heavy atom. The molecule has 2 amide bonds. The molecule has 0 bridgehead atoms. The van der Waals surface area contributed by atoms with Gasteiger partial charge in [-0.05, 0) is 24.6 Å². The number of benzene rings is 1. The van der Waals surface area contributed by atoms with Gasteiger partial charge in [0, 0.05) is 32.8 Å². The Labute approximate surface area is 151 Å². The van der Waals surface area contributed by atoms with Gasteiger partial charge in [-0.25, -0.2) is 4.68 Å². The summed E-state index contributed by atoms with van der Waals surface area (Å²) in [5.41, 5.74) is 1.89. The molecule has 0 unspecified atom stereocenters. The van der Waals surface area contributed by atoms with E-state index < -0.39 is 0 Å². The first kappa shape index (κ1) is 16.8. The van der Waals surface area contributed by atoms with E-state index in [9.17, 15) is 9.59 Å². The number of likely N-dealkylation sites (tertiary alicyclic amines) is 1. The number of nitrogens with one attached hydrogen (secondary N) is 1. The number of hydrogen-bond acceptors (Lipinski definition) is 4. The van der Waals surface area contributed by atoms with Crippen LogP contribution < -0.4 is 5.32 Å². The zero-order chi connectivity index (χ0) is 18.1. The summed E-state index contributed by atoms with van der Waals surface area (Å²) in [5, 5.41) is 7.53. The van der Waals surface area contributed by atoms with Crippen molar-refractivity contribution in [1.82, 2.24) is 20.0 Å². The van der Waals surface area contributed by atoms with Gasteiger partial charge in [0.25, 0.3) is 0 Å². The standard InChI is InChI=1S/C19H22N4O3/c1-13(24)22-11-14(12-22)19(25)21-16-8-10-26-18(16)17-7-9-20-23(17)15-5-3-2-4-6-15/h2-7,9,14,16,18H,8,10-12H2,1H3,(H,21,25)/t16-,18-/m0/s1. The van der Waals surface area contributed by atoms with Crippen LogP contribution in [0.15, 0.2) is 42.6 Å². The van der Waals surface area contributed by atoms with E-state index >= 15 is 0 Å². The molecule has 2 atom stereocenters. The number of aromatic nitrogens is 2. The summed E-state index contributed by atoms with van der Waals surface area (Å²) in [6.07, 6.45) is 2.28. The van der Waals surface area contributed by atoms with Crippen molar-refractivity contribution in [1.29, 1.82) is 0 Å². The maximum atomic E-state index is 12.5. The zero-order valence-electron chi connectivity index (χ0n) is 14.7. The molecule has 26 heavy (non-hydrogen) atoms. The fraction of sp³-hybridized carbons (Fsp3) is 0.421. The fourth-order valence-corrected chi connectivity index (χ4v) is 3.54. The maximum absolute atomic E-state index is 12.5. The van der Waals surface area contributed by atoms with Crippen LogP contribution >= 0.6 is 0 Å². The third-order valence-electron chi connectivity index (χ3n) is 5.08. The van der Waals surface area contributed by atoms with Crippen LogP contribution in [0.4, 0.5) is 0 Å². The Balaban J connectivity index is 1.46. The average molecular weight is 354 g/mol. The summed E-state index contributed by atoms with van der Waals surface area (Å²) in [5.74, 6) is -0.115. The second kappa shape index (κ2) is 6.92. The minimum absolute atomic E-state index is 0.00576. The van der Waals surface area contributed by atoms with Crippen LogP contribution in [0.25, 0.3) is 5.69 Å². The van der Waals surface area contributed by atoms with Gasteiger partial charge in [-0.3, -0.25) is 9.59 Å². The molecule has 3 heterocycles. The van der Waals surface area contributed by atoms with Crippen molar-refractivity contribution < 1.29 is 14.3 Å². The van der Waals surface area contributed by atoms with Crippen molar-refractivity contribution in [2.24, 2.45) is 5.92 Å². The second-order valence-electron chi connectivity index (χ2n) is 6.82. The molecule has 4 rings (SSSR count). The molecular formula is C19H22N4O3. The first-order chi connectivity index (χ1) is 12.6. The van der Waals surface area contributed by atoms with Crippen molar-refractivity contribution in [2.75, 3.05) is 19.7 Å². The molecule has 2 aliphatic rings. The molecule has 7 heteroatoms. The third kappa shape index (κ3) is 3.10. The molecule has 0 radical (unpaired) electrons. The van der Waals surface area contributed by atoms with Gasteiger partial charge in [0.15, 0.2) is 0 Å². The van der Waals surface area contributed by atoms with E-state index in [1.807, 2.05) is 41.1 Å². The monoisotopic (exact) mass is 354 g/mol. The molecular weight excluding hydrogens is 332 g/mol. The van der Waals surface area contributed by atoms with Crippen LogP contribution in [0.3, 0.4) is 0 Å². The highest BCUT2D eigenvalue weighted by Gasteiger charge is 2.38. The number of carbonyl (C=O) groups excluding carboxylic acids is 2. The summed E-state index contributed by atoms with van der Waals surface area (Å²) in [6, 6.07) is 11.7. The fourth-order valence-electron chi connectivity index (χ4n) is 3.54. The van der Waals surface area contributed by atoms with E-state index in [4.69, 9.17) is 4.74 Å². The van der Waals surface area contributed by atoms with Crippen LogP contribution in [-0.4, -0.2) is 52.2 Å².